The fourth-order valence-electron chi connectivity index (χ4n) is 1.57. The van der Waals surface area contributed by atoms with Crippen LogP contribution in [0, 0.1) is 0 Å². The Morgan fingerprint density at radius 1 is 1.00 bits per heavy atom. The molecule has 2 rings (SSSR count). The number of allylic oxidation sites excluding steroid dienone is 1. The van der Waals surface area contributed by atoms with Crippen LogP contribution in [-0.2, 0) is 4.79 Å². The molecule has 0 saturated heterocycles. The van der Waals surface area contributed by atoms with Crippen molar-refractivity contribution < 1.29 is 4.79 Å². The Kier molecular flexibility index (Phi) is 4.34. The summed E-state index contributed by atoms with van der Waals surface area (Å²) in [6.45, 7) is 0. The molecule has 0 amide bonds. The standard InChI is InChI=1S/C15H10BrClO/c16-14-5-3-12(4-6-14)13(10-18)9-11-1-7-15(17)8-2-11/h1-10H. The average molecular weight is 322 g/mol. The van der Waals surface area contributed by atoms with Gasteiger partial charge in [-0.15, -0.1) is 0 Å². The molecule has 0 fully saturated rings. The van der Waals surface area contributed by atoms with E-state index in [0.29, 0.717) is 10.6 Å². The van der Waals surface area contributed by atoms with Crippen LogP contribution in [0.1, 0.15) is 11.1 Å². The smallest absolute Gasteiger partial charge is 0.150 e. The molecule has 18 heavy (non-hydrogen) atoms. The number of hydrogen-bond acceptors (Lipinski definition) is 1. The van der Waals surface area contributed by atoms with Crippen LogP contribution in [0.25, 0.3) is 11.6 Å². The molecule has 2 aromatic carbocycles. The van der Waals surface area contributed by atoms with Crippen molar-refractivity contribution in [2.45, 2.75) is 0 Å². The maximum absolute atomic E-state index is 11.2. The summed E-state index contributed by atoms with van der Waals surface area (Å²) < 4.78 is 0.989. The number of aldehydes is 1. The Morgan fingerprint density at radius 3 is 2.17 bits per heavy atom. The minimum atomic E-state index is 0.643. The molecule has 0 atom stereocenters. The van der Waals surface area contributed by atoms with Gasteiger partial charge in [-0.25, -0.2) is 0 Å². The van der Waals surface area contributed by atoms with Gasteiger partial charge in [0.05, 0.1) is 0 Å². The summed E-state index contributed by atoms with van der Waals surface area (Å²) in [6.07, 6.45) is 2.70. The molecule has 2 aromatic rings. The zero-order valence-corrected chi connectivity index (χ0v) is 11.8. The molecular weight excluding hydrogens is 312 g/mol. The number of hydrogen-bond donors (Lipinski definition) is 0. The van der Waals surface area contributed by atoms with Crippen molar-refractivity contribution in [1.29, 1.82) is 0 Å². The van der Waals surface area contributed by atoms with Crippen LogP contribution in [-0.4, -0.2) is 6.29 Å². The Bertz CT molecular complexity index is 570. The molecule has 0 N–H and O–H groups in total. The normalized spacial score (nSPS) is 11.3. The third-order valence-corrected chi connectivity index (χ3v) is 3.28. The first-order valence-electron chi connectivity index (χ1n) is 5.37. The Hall–Kier alpha value is -1.38. The minimum Gasteiger partial charge on any atom is -0.298 e. The Morgan fingerprint density at radius 2 is 1.61 bits per heavy atom. The lowest BCUT2D eigenvalue weighted by molar-refractivity contribution is -0.103. The number of benzene rings is 2. The number of rotatable bonds is 3. The van der Waals surface area contributed by atoms with Crippen LogP contribution in [0.4, 0.5) is 0 Å². The fourth-order valence-corrected chi connectivity index (χ4v) is 1.96. The molecule has 0 bridgehead atoms. The van der Waals surface area contributed by atoms with Gasteiger partial charge in [0.15, 0.2) is 6.29 Å². The lowest BCUT2D eigenvalue weighted by Crippen LogP contribution is -1.85. The minimum absolute atomic E-state index is 0.643. The summed E-state index contributed by atoms with van der Waals surface area (Å²) in [5, 5.41) is 0.684. The van der Waals surface area contributed by atoms with Gasteiger partial charge in [0, 0.05) is 15.1 Å². The highest BCUT2D eigenvalue weighted by Crippen LogP contribution is 2.20. The summed E-state index contributed by atoms with van der Waals surface area (Å²) in [5.41, 5.74) is 2.48. The van der Waals surface area contributed by atoms with E-state index in [1.165, 1.54) is 0 Å². The largest absolute Gasteiger partial charge is 0.298 e. The van der Waals surface area contributed by atoms with Gasteiger partial charge < -0.3 is 0 Å². The summed E-state index contributed by atoms with van der Waals surface area (Å²) in [5.74, 6) is 0. The topological polar surface area (TPSA) is 17.1 Å². The molecule has 3 heteroatoms. The van der Waals surface area contributed by atoms with E-state index in [0.717, 1.165) is 21.9 Å². The van der Waals surface area contributed by atoms with Gasteiger partial charge in [-0.05, 0) is 41.5 Å². The van der Waals surface area contributed by atoms with Gasteiger partial charge in [0.2, 0.25) is 0 Å². The van der Waals surface area contributed by atoms with Crippen LogP contribution in [0.15, 0.2) is 53.0 Å². The third-order valence-electron chi connectivity index (χ3n) is 2.50. The van der Waals surface area contributed by atoms with E-state index >= 15 is 0 Å². The molecule has 0 unspecified atom stereocenters. The van der Waals surface area contributed by atoms with Gasteiger partial charge in [-0.1, -0.05) is 51.8 Å². The molecule has 0 heterocycles. The fraction of sp³-hybridized carbons (Fsp3) is 0. The van der Waals surface area contributed by atoms with Crippen molar-refractivity contribution in [2.24, 2.45) is 0 Å². The highest BCUT2D eigenvalue weighted by molar-refractivity contribution is 9.10. The third kappa shape index (κ3) is 3.31. The first-order valence-corrected chi connectivity index (χ1v) is 6.54. The molecule has 0 aromatic heterocycles. The second-order valence-corrected chi connectivity index (χ2v) is 5.13. The molecule has 0 aliphatic rings. The lowest BCUT2D eigenvalue weighted by atomic mass is 10.0. The van der Waals surface area contributed by atoms with E-state index in [-0.39, 0.29) is 0 Å². The van der Waals surface area contributed by atoms with E-state index in [4.69, 9.17) is 11.6 Å². The quantitative estimate of drug-likeness (QED) is 0.449. The van der Waals surface area contributed by atoms with E-state index in [1.807, 2.05) is 42.5 Å². The molecule has 0 spiro atoms. The second kappa shape index (κ2) is 5.98. The van der Waals surface area contributed by atoms with Gasteiger partial charge in [-0.2, -0.15) is 0 Å². The Balaban J connectivity index is 2.36. The second-order valence-electron chi connectivity index (χ2n) is 3.78. The van der Waals surface area contributed by atoms with Crippen molar-refractivity contribution in [3.05, 3.63) is 69.2 Å². The summed E-state index contributed by atoms with van der Waals surface area (Å²) >= 11 is 9.19. The molecule has 90 valence electrons. The molecule has 0 aliphatic carbocycles. The van der Waals surface area contributed by atoms with Crippen molar-refractivity contribution in [1.82, 2.24) is 0 Å². The van der Waals surface area contributed by atoms with Crippen LogP contribution in [0.3, 0.4) is 0 Å². The number of carbonyl (C=O) groups is 1. The summed E-state index contributed by atoms with van der Waals surface area (Å²) in [6, 6.07) is 15.0. The summed E-state index contributed by atoms with van der Waals surface area (Å²) in [7, 11) is 0. The lowest BCUT2D eigenvalue weighted by Gasteiger charge is -2.01. The highest BCUT2D eigenvalue weighted by atomic mass is 79.9. The number of halogens is 2. The van der Waals surface area contributed by atoms with Crippen molar-refractivity contribution in [3.8, 4) is 0 Å². The number of carbonyl (C=O) groups excluding carboxylic acids is 1. The van der Waals surface area contributed by atoms with Crippen LogP contribution < -0.4 is 0 Å². The predicted octanol–water partition coefficient (Wildman–Crippen LogP) is 4.84. The molecular formula is C15H10BrClO. The zero-order chi connectivity index (χ0) is 13.0. The summed E-state index contributed by atoms with van der Waals surface area (Å²) in [4.78, 5) is 11.2. The monoisotopic (exact) mass is 320 g/mol. The molecule has 0 radical (unpaired) electrons. The van der Waals surface area contributed by atoms with Crippen molar-refractivity contribution in [3.63, 3.8) is 0 Å². The van der Waals surface area contributed by atoms with E-state index < -0.39 is 0 Å². The van der Waals surface area contributed by atoms with Crippen molar-refractivity contribution >= 4 is 45.5 Å². The average Bonchev–Trinajstić information content (AvgIpc) is 2.39. The highest BCUT2D eigenvalue weighted by Gasteiger charge is 2.00. The van der Waals surface area contributed by atoms with E-state index in [1.54, 1.807) is 12.1 Å². The first-order chi connectivity index (χ1) is 8.69. The first kappa shape index (κ1) is 13.1. The maximum atomic E-state index is 11.2. The SMILES string of the molecule is O=CC(=Cc1ccc(Cl)cc1)c1ccc(Br)cc1. The van der Waals surface area contributed by atoms with Gasteiger partial charge in [-0.3, -0.25) is 4.79 Å². The van der Waals surface area contributed by atoms with Gasteiger partial charge in [0.1, 0.15) is 0 Å². The van der Waals surface area contributed by atoms with Gasteiger partial charge in [0.25, 0.3) is 0 Å². The van der Waals surface area contributed by atoms with Gasteiger partial charge >= 0.3 is 0 Å². The Labute approximate surface area is 119 Å². The van der Waals surface area contributed by atoms with Crippen LogP contribution in [0.5, 0.6) is 0 Å². The molecule has 0 aliphatic heterocycles. The predicted molar refractivity (Wildman–Crippen MR) is 79.5 cm³/mol. The van der Waals surface area contributed by atoms with Crippen LogP contribution in [0.2, 0.25) is 5.02 Å². The maximum Gasteiger partial charge on any atom is 0.150 e. The van der Waals surface area contributed by atoms with E-state index in [9.17, 15) is 4.79 Å². The van der Waals surface area contributed by atoms with Crippen molar-refractivity contribution in [2.75, 3.05) is 0 Å². The molecule has 1 nitrogen and oxygen atoms in total. The van der Waals surface area contributed by atoms with E-state index in [2.05, 4.69) is 15.9 Å². The molecule has 0 saturated carbocycles. The van der Waals surface area contributed by atoms with Crippen LogP contribution >= 0.6 is 27.5 Å². The zero-order valence-electron chi connectivity index (χ0n) is 9.44.